The number of hydrogen-bond acceptors (Lipinski definition) is 6. The molecule has 0 spiro atoms. The molecule has 3 aromatic rings. The molecule has 1 saturated heterocycles. The molecule has 1 fully saturated rings. The average Bonchev–Trinajstić information content (AvgIpc) is 3.23. The predicted octanol–water partition coefficient (Wildman–Crippen LogP) is 1.72. The zero-order valence-electron chi connectivity index (χ0n) is 16.4. The topological polar surface area (TPSA) is 94.4 Å². The first-order valence-corrected chi connectivity index (χ1v) is 11.5. The number of hydrogen-bond donors (Lipinski definition) is 0. The molecule has 0 N–H and O–H groups in total. The van der Waals surface area contributed by atoms with Gasteiger partial charge in [-0.25, -0.2) is 13.1 Å². The van der Waals surface area contributed by atoms with Gasteiger partial charge in [-0.1, -0.05) is 18.2 Å². The molecular formula is C21H22N4O4S. The molecule has 156 valence electrons. The van der Waals surface area contributed by atoms with E-state index in [0.717, 1.165) is 23.1 Å². The number of sulfonamides is 1. The number of rotatable bonds is 4. The number of pyridine rings is 1. The fourth-order valence-corrected chi connectivity index (χ4v) is 6.15. The van der Waals surface area contributed by atoms with Crippen LogP contribution in [0, 0.1) is 0 Å². The van der Waals surface area contributed by atoms with Crippen LogP contribution in [0.1, 0.15) is 24.1 Å². The Balaban J connectivity index is 1.49. The van der Waals surface area contributed by atoms with E-state index in [4.69, 9.17) is 4.74 Å². The molecule has 0 aliphatic carbocycles. The van der Waals surface area contributed by atoms with Gasteiger partial charge in [0.25, 0.3) is 5.56 Å². The van der Waals surface area contributed by atoms with Gasteiger partial charge in [-0.05, 0) is 25.0 Å². The quantitative estimate of drug-likeness (QED) is 0.631. The van der Waals surface area contributed by atoms with Crippen LogP contribution in [0.4, 0.5) is 0 Å². The Kier molecular flexibility index (Phi) is 4.88. The summed E-state index contributed by atoms with van der Waals surface area (Å²) in [4.78, 5) is 17.1. The molecule has 0 radical (unpaired) electrons. The maximum absolute atomic E-state index is 13.5. The Labute approximate surface area is 174 Å². The van der Waals surface area contributed by atoms with Crippen molar-refractivity contribution in [2.24, 2.45) is 0 Å². The third kappa shape index (κ3) is 3.32. The monoisotopic (exact) mass is 426 g/mol. The fraction of sp³-hybridized carbons (Fsp3) is 0.381. The minimum Gasteiger partial charge on any atom is -0.376 e. The second kappa shape index (κ2) is 7.57. The van der Waals surface area contributed by atoms with Gasteiger partial charge < -0.3 is 4.74 Å². The fourth-order valence-electron chi connectivity index (χ4n) is 4.30. The van der Waals surface area contributed by atoms with Gasteiger partial charge >= 0.3 is 0 Å². The SMILES string of the molecule is O=c1cc2c(nn1CC1CCCN1S(=O)(=O)c1cccc3cccnc13)CCOC2. The van der Waals surface area contributed by atoms with Gasteiger partial charge in [-0.3, -0.25) is 9.78 Å². The number of fused-ring (bicyclic) bond motifs is 2. The Morgan fingerprint density at radius 1 is 1.20 bits per heavy atom. The molecule has 2 aliphatic heterocycles. The molecule has 4 heterocycles. The number of aromatic nitrogens is 3. The highest BCUT2D eigenvalue weighted by Crippen LogP contribution is 2.30. The molecule has 1 unspecified atom stereocenters. The molecule has 1 atom stereocenters. The Morgan fingerprint density at radius 2 is 2.07 bits per heavy atom. The van der Waals surface area contributed by atoms with Crippen molar-refractivity contribution < 1.29 is 13.2 Å². The lowest BCUT2D eigenvalue weighted by Crippen LogP contribution is -2.41. The predicted molar refractivity (Wildman–Crippen MR) is 111 cm³/mol. The lowest BCUT2D eigenvalue weighted by molar-refractivity contribution is 0.107. The first kappa shape index (κ1) is 19.3. The standard InChI is InChI=1S/C21H22N4O4S/c26-20-12-16-14-29-11-8-18(16)23-24(20)13-17-6-3-10-25(17)30(27,28)19-7-1-4-15-5-2-9-22-21(15)19/h1-2,4-5,7,9,12,17H,3,6,8,10-11,13-14H2. The van der Waals surface area contributed by atoms with Gasteiger partial charge in [0.05, 0.1) is 31.0 Å². The molecule has 9 heteroatoms. The molecule has 0 bridgehead atoms. The van der Waals surface area contributed by atoms with Crippen LogP contribution in [0.2, 0.25) is 0 Å². The van der Waals surface area contributed by atoms with Crippen molar-refractivity contribution >= 4 is 20.9 Å². The van der Waals surface area contributed by atoms with Crippen molar-refractivity contribution in [3.63, 3.8) is 0 Å². The van der Waals surface area contributed by atoms with Gasteiger partial charge in [-0.2, -0.15) is 9.40 Å². The number of para-hydroxylation sites is 1. The zero-order valence-corrected chi connectivity index (χ0v) is 17.2. The smallest absolute Gasteiger partial charge is 0.267 e. The maximum Gasteiger partial charge on any atom is 0.267 e. The second-order valence-corrected chi connectivity index (χ2v) is 9.54. The van der Waals surface area contributed by atoms with Crippen molar-refractivity contribution in [1.82, 2.24) is 19.1 Å². The van der Waals surface area contributed by atoms with Crippen LogP contribution in [0.3, 0.4) is 0 Å². The van der Waals surface area contributed by atoms with Gasteiger partial charge in [0.15, 0.2) is 0 Å². The Bertz CT molecular complexity index is 1270. The first-order chi connectivity index (χ1) is 14.5. The molecular weight excluding hydrogens is 404 g/mol. The third-order valence-corrected chi connectivity index (χ3v) is 7.78. The average molecular weight is 426 g/mol. The van der Waals surface area contributed by atoms with Crippen molar-refractivity contribution in [3.8, 4) is 0 Å². The molecule has 2 aliphatic rings. The summed E-state index contributed by atoms with van der Waals surface area (Å²) in [5.41, 5.74) is 1.91. The second-order valence-electron chi connectivity index (χ2n) is 7.68. The van der Waals surface area contributed by atoms with E-state index in [-0.39, 0.29) is 23.0 Å². The van der Waals surface area contributed by atoms with Crippen molar-refractivity contribution in [3.05, 3.63) is 64.2 Å². The minimum absolute atomic E-state index is 0.204. The normalized spacial score (nSPS) is 19.8. The minimum atomic E-state index is -3.76. The van der Waals surface area contributed by atoms with E-state index >= 15 is 0 Å². The van der Waals surface area contributed by atoms with Crippen molar-refractivity contribution in [2.45, 2.75) is 43.4 Å². The first-order valence-electron chi connectivity index (χ1n) is 10.1. The summed E-state index contributed by atoms with van der Waals surface area (Å²) in [5.74, 6) is 0. The molecule has 5 rings (SSSR count). The van der Waals surface area contributed by atoms with Gasteiger partial charge in [0.1, 0.15) is 4.90 Å². The van der Waals surface area contributed by atoms with Gasteiger partial charge in [-0.15, -0.1) is 0 Å². The van der Waals surface area contributed by atoms with E-state index in [1.165, 1.54) is 8.99 Å². The molecule has 2 aromatic heterocycles. The lowest BCUT2D eigenvalue weighted by Gasteiger charge is -2.25. The Hall–Kier alpha value is -2.62. The zero-order chi connectivity index (χ0) is 20.7. The molecule has 30 heavy (non-hydrogen) atoms. The molecule has 0 saturated carbocycles. The van der Waals surface area contributed by atoms with E-state index in [1.54, 1.807) is 30.5 Å². The summed E-state index contributed by atoms with van der Waals surface area (Å²) < 4.78 is 35.4. The number of nitrogens with zero attached hydrogens (tertiary/aromatic N) is 4. The van der Waals surface area contributed by atoms with Crippen LogP contribution >= 0.6 is 0 Å². The van der Waals surface area contributed by atoms with Crippen LogP contribution < -0.4 is 5.56 Å². The van der Waals surface area contributed by atoms with Crippen LogP contribution in [-0.2, 0) is 34.3 Å². The highest BCUT2D eigenvalue weighted by Gasteiger charge is 2.37. The van der Waals surface area contributed by atoms with E-state index in [2.05, 4.69) is 10.1 Å². The summed E-state index contributed by atoms with van der Waals surface area (Å²) in [6.45, 7) is 1.64. The third-order valence-electron chi connectivity index (χ3n) is 5.79. The Morgan fingerprint density at radius 3 is 2.97 bits per heavy atom. The van der Waals surface area contributed by atoms with Gasteiger partial charge in [0, 0.05) is 42.2 Å². The van der Waals surface area contributed by atoms with Crippen LogP contribution in [0.25, 0.3) is 10.9 Å². The highest BCUT2D eigenvalue weighted by molar-refractivity contribution is 7.89. The van der Waals surface area contributed by atoms with Crippen LogP contribution in [0.5, 0.6) is 0 Å². The van der Waals surface area contributed by atoms with E-state index in [9.17, 15) is 13.2 Å². The summed E-state index contributed by atoms with van der Waals surface area (Å²) >= 11 is 0. The van der Waals surface area contributed by atoms with Crippen LogP contribution in [0.15, 0.2) is 52.3 Å². The number of benzene rings is 1. The summed E-state index contributed by atoms with van der Waals surface area (Å²) in [6.07, 6.45) is 3.69. The summed E-state index contributed by atoms with van der Waals surface area (Å²) in [5, 5.41) is 5.29. The molecule has 8 nitrogen and oxygen atoms in total. The lowest BCUT2D eigenvalue weighted by atomic mass is 10.1. The maximum atomic E-state index is 13.5. The number of ether oxygens (including phenoxy) is 1. The van der Waals surface area contributed by atoms with E-state index < -0.39 is 10.0 Å². The highest BCUT2D eigenvalue weighted by atomic mass is 32.2. The summed E-state index contributed by atoms with van der Waals surface area (Å²) in [6, 6.07) is 10.1. The van der Waals surface area contributed by atoms with Crippen molar-refractivity contribution in [1.29, 1.82) is 0 Å². The van der Waals surface area contributed by atoms with E-state index in [0.29, 0.717) is 38.1 Å². The summed E-state index contributed by atoms with van der Waals surface area (Å²) in [7, 11) is -3.76. The van der Waals surface area contributed by atoms with E-state index in [1.807, 2.05) is 12.1 Å². The van der Waals surface area contributed by atoms with Crippen molar-refractivity contribution in [2.75, 3.05) is 13.2 Å². The molecule has 0 amide bonds. The molecule has 1 aromatic carbocycles. The van der Waals surface area contributed by atoms with Gasteiger partial charge in [0.2, 0.25) is 10.0 Å². The largest absolute Gasteiger partial charge is 0.376 e. The van der Waals surface area contributed by atoms with Crippen LogP contribution in [-0.4, -0.2) is 46.7 Å².